The minimum atomic E-state index is -3.29. The lowest BCUT2D eigenvalue weighted by atomic mass is 10.2. The van der Waals surface area contributed by atoms with Crippen LogP contribution in [0.1, 0.15) is 24.6 Å². The quantitative estimate of drug-likeness (QED) is 0.828. The van der Waals surface area contributed by atoms with Gasteiger partial charge in [0.2, 0.25) is 0 Å². The van der Waals surface area contributed by atoms with Gasteiger partial charge in [0.25, 0.3) is 10.2 Å². The standard InChI is InChI=1S/C10H16N4O2S/c1-8-2-3-13(5-8)17(15,16)14-6-9-4-11-12-10(9)7-14/h4,8H,2-3,5-7H2,1H3,(H,11,12). The van der Waals surface area contributed by atoms with Crippen LogP contribution in [0.15, 0.2) is 6.20 Å². The molecule has 6 nitrogen and oxygen atoms in total. The Balaban J connectivity index is 1.79. The number of fused-ring (bicyclic) bond motifs is 1. The molecule has 0 bridgehead atoms. The summed E-state index contributed by atoms with van der Waals surface area (Å²) in [5.74, 6) is 0.465. The van der Waals surface area contributed by atoms with Gasteiger partial charge in [0.1, 0.15) is 0 Å². The van der Waals surface area contributed by atoms with Gasteiger partial charge in [-0.05, 0) is 12.3 Å². The van der Waals surface area contributed by atoms with Gasteiger partial charge in [0.05, 0.1) is 18.4 Å². The Bertz CT molecular complexity index is 504. The maximum absolute atomic E-state index is 12.4. The highest BCUT2D eigenvalue weighted by Crippen LogP contribution is 2.27. The molecule has 7 heteroatoms. The van der Waals surface area contributed by atoms with Gasteiger partial charge < -0.3 is 0 Å². The minimum Gasteiger partial charge on any atom is -0.281 e. The Morgan fingerprint density at radius 3 is 2.88 bits per heavy atom. The molecule has 1 saturated heterocycles. The SMILES string of the molecule is CC1CCN(S(=O)(=O)N2Cc3cn[nH]c3C2)C1. The van der Waals surface area contributed by atoms with E-state index >= 15 is 0 Å². The Morgan fingerprint density at radius 2 is 2.24 bits per heavy atom. The average molecular weight is 256 g/mol. The van der Waals surface area contributed by atoms with E-state index in [1.165, 1.54) is 4.31 Å². The molecule has 1 aromatic rings. The molecule has 1 atom stereocenters. The van der Waals surface area contributed by atoms with Gasteiger partial charge in [-0.3, -0.25) is 5.10 Å². The molecule has 0 saturated carbocycles. The van der Waals surface area contributed by atoms with Crippen molar-refractivity contribution in [2.75, 3.05) is 13.1 Å². The van der Waals surface area contributed by atoms with Gasteiger partial charge in [-0.2, -0.15) is 22.1 Å². The normalized spacial score (nSPS) is 26.5. The van der Waals surface area contributed by atoms with Crippen molar-refractivity contribution in [3.63, 3.8) is 0 Å². The summed E-state index contributed by atoms with van der Waals surface area (Å²) in [4.78, 5) is 0. The fourth-order valence-electron chi connectivity index (χ4n) is 2.46. The smallest absolute Gasteiger partial charge is 0.281 e. The van der Waals surface area contributed by atoms with Crippen LogP contribution >= 0.6 is 0 Å². The zero-order chi connectivity index (χ0) is 12.0. The molecule has 1 unspecified atom stereocenters. The summed E-state index contributed by atoms with van der Waals surface area (Å²) in [6.07, 6.45) is 2.66. The van der Waals surface area contributed by atoms with Crippen LogP contribution < -0.4 is 0 Å². The lowest BCUT2D eigenvalue weighted by Gasteiger charge is -2.23. The monoisotopic (exact) mass is 256 g/mol. The van der Waals surface area contributed by atoms with Crippen LogP contribution in [0.25, 0.3) is 0 Å². The predicted molar refractivity (Wildman–Crippen MR) is 62.1 cm³/mol. The highest BCUT2D eigenvalue weighted by molar-refractivity contribution is 7.86. The van der Waals surface area contributed by atoms with E-state index in [0.29, 0.717) is 32.1 Å². The van der Waals surface area contributed by atoms with Gasteiger partial charge in [0, 0.05) is 25.2 Å². The Labute approximate surface area is 101 Å². The number of aromatic amines is 1. The number of H-pyrrole nitrogens is 1. The largest absolute Gasteiger partial charge is 0.282 e. The molecule has 2 aliphatic heterocycles. The maximum atomic E-state index is 12.4. The summed E-state index contributed by atoms with van der Waals surface area (Å²) >= 11 is 0. The summed E-state index contributed by atoms with van der Waals surface area (Å²) in [6, 6.07) is 0. The van der Waals surface area contributed by atoms with Crippen LogP contribution in [-0.2, 0) is 23.3 Å². The van der Waals surface area contributed by atoms with Gasteiger partial charge in [0.15, 0.2) is 0 Å². The number of rotatable bonds is 2. The third-order valence-corrected chi connectivity index (χ3v) is 5.42. The molecule has 17 heavy (non-hydrogen) atoms. The van der Waals surface area contributed by atoms with Crippen molar-refractivity contribution in [1.82, 2.24) is 18.8 Å². The topological polar surface area (TPSA) is 69.3 Å². The molecule has 0 amide bonds. The molecule has 1 N–H and O–H groups in total. The third-order valence-electron chi connectivity index (χ3n) is 3.53. The van der Waals surface area contributed by atoms with Crippen LogP contribution in [0.2, 0.25) is 0 Å². The van der Waals surface area contributed by atoms with Crippen molar-refractivity contribution < 1.29 is 8.42 Å². The highest BCUT2D eigenvalue weighted by atomic mass is 32.2. The molecule has 0 aromatic carbocycles. The molecule has 0 radical (unpaired) electrons. The van der Waals surface area contributed by atoms with E-state index in [4.69, 9.17) is 0 Å². The van der Waals surface area contributed by atoms with Gasteiger partial charge in [-0.15, -0.1) is 0 Å². The fraction of sp³-hybridized carbons (Fsp3) is 0.700. The molecular formula is C10H16N4O2S. The van der Waals surface area contributed by atoms with E-state index in [1.807, 2.05) is 0 Å². The third kappa shape index (κ3) is 1.78. The van der Waals surface area contributed by atoms with Crippen LogP contribution in [0.4, 0.5) is 0 Å². The second-order valence-corrected chi connectivity index (χ2v) is 6.83. The van der Waals surface area contributed by atoms with Crippen LogP contribution in [0.5, 0.6) is 0 Å². The summed E-state index contributed by atoms with van der Waals surface area (Å²) in [6.45, 7) is 4.24. The molecule has 0 aliphatic carbocycles. The van der Waals surface area contributed by atoms with E-state index < -0.39 is 10.2 Å². The number of hydrogen-bond donors (Lipinski definition) is 1. The Hall–Kier alpha value is -0.920. The summed E-state index contributed by atoms with van der Waals surface area (Å²) in [5.41, 5.74) is 1.90. The fourth-order valence-corrected chi connectivity index (χ4v) is 4.16. The first-order valence-electron chi connectivity index (χ1n) is 5.83. The first kappa shape index (κ1) is 11.2. The maximum Gasteiger partial charge on any atom is 0.282 e. The van der Waals surface area contributed by atoms with E-state index in [-0.39, 0.29) is 0 Å². The Kier molecular flexibility index (Phi) is 2.49. The number of aromatic nitrogens is 2. The number of nitrogens with zero attached hydrogens (tertiary/aromatic N) is 3. The van der Waals surface area contributed by atoms with Crippen molar-refractivity contribution >= 4 is 10.2 Å². The Morgan fingerprint density at radius 1 is 1.41 bits per heavy atom. The molecule has 2 aliphatic rings. The minimum absolute atomic E-state index is 0.419. The van der Waals surface area contributed by atoms with Crippen LogP contribution in [0, 0.1) is 5.92 Å². The lowest BCUT2D eigenvalue weighted by molar-refractivity contribution is 0.363. The van der Waals surface area contributed by atoms with Crippen molar-refractivity contribution in [2.45, 2.75) is 26.4 Å². The van der Waals surface area contributed by atoms with Crippen LogP contribution in [-0.4, -0.2) is 40.3 Å². The first-order valence-corrected chi connectivity index (χ1v) is 7.23. The first-order chi connectivity index (χ1) is 8.07. The molecule has 0 spiro atoms. The van der Waals surface area contributed by atoms with Gasteiger partial charge >= 0.3 is 0 Å². The second-order valence-electron chi connectivity index (χ2n) is 4.90. The van der Waals surface area contributed by atoms with E-state index in [9.17, 15) is 8.42 Å². The molecule has 1 aromatic heterocycles. The van der Waals surface area contributed by atoms with Crippen molar-refractivity contribution in [3.05, 3.63) is 17.5 Å². The van der Waals surface area contributed by atoms with Gasteiger partial charge in [-0.25, -0.2) is 0 Å². The number of nitrogens with one attached hydrogen (secondary N) is 1. The van der Waals surface area contributed by atoms with E-state index in [2.05, 4.69) is 17.1 Å². The number of hydrogen-bond acceptors (Lipinski definition) is 3. The van der Waals surface area contributed by atoms with Crippen LogP contribution in [0.3, 0.4) is 0 Å². The van der Waals surface area contributed by atoms with E-state index in [0.717, 1.165) is 17.7 Å². The van der Waals surface area contributed by atoms with Gasteiger partial charge in [-0.1, -0.05) is 6.92 Å². The summed E-state index contributed by atoms with van der Waals surface area (Å²) in [7, 11) is -3.29. The summed E-state index contributed by atoms with van der Waals surface area (Å²) in [5, 5.41) is 6.75. The van der Waals surface area contributed by atoms with Crippen molar-refractivity contribution in [3.8, 4) is 0 Å². The zero-order valence-corrected chi connectivity index (χ0v) is 10.6. The highest BCUT2D eigenvalue weighted by Gasteiger charge is 2.37. The zero-order valence-electron chi connectivity index (χ0n) is 9.76. The van der Waals surface area contributed by atoms with Crippen molar-refractivity contribution in [1.29, 1.82) is 0 Å². The molecular weight excluding hydrogens is 240 g/mol. The van der Waals surface area contributed by atoms with E-state index in [1.54, 1.807) is 10.5 Å². The molecule has 94 valence electrons. The van der Waals surface area contributed by atoms with Crippen molar-refractivity contribution in [2.24, 2.45) is 5.92 Å². The predicted octanol–water partition coefficient (Wildman–Crippen LogP) is 0.312. The lowest BCUT2D eigenvalue weighted by Crippen LogP contribution is -2.40. The molecule has 1 fully saturated rings. The second kappa shape index (κ2) is 3.79. The average Bonchev–Trinajstić information content (AvgIpc) is 2.89. The molecule has 3 heterocycles. The molecule has 3 rings (SSSR count). The summed E-state index contributed by atoms with van der Waals surface area (Å²) < 4.78 is 27.8.